The standard InChI is InChI=1S/C21H30N6O6/c1-5-6-7-14(11-28)22-9-15(32-20(30)16-8-13(2)33-24-16)10-27-12-23-18-17(27)19(29)26(4)21(31)25(18)3/h8,12,14-15,22,28H,5-7,9-11H2,1-4H3. The van der Waals surface area contributed by atoms with Gasteiger partial charge in [-0.3, -0.25) is 13.9 Å². The maximum absolute atomic E-state index is 12.8. The lowest BCUT2D eigenvalue weighted by molar-refractivity contribution is 0.0240. The van der Waals surface area contributed by atoms with Gasteiger partial charge in [0.05, 0.1) is 19.5 Å². The molecular formula is C21H30N6O6. The molecule has 0 bridgehead atoms. The molecule has 2 atom stereocenters. The highest BCUT2D eigenvalue weighted by molar-refractivity contribution is 5.87. The zero-order valence-corrected chi connectivity index (χ0v) is 19.3. The third-order valence-corrected chi connectivity index (χ3v) is 5.49. The summed E-state index contributed by atoms with van der Waals surface area (Å²) in [5, 5.41) is 16.6. The molecule has 3 aromatic heterocycles. The monoisotopic (exact) mass is 462 g/mol. The van der Waals surface area contributed by atoms with Gasteiger partial charge in [-0.15, -0.1) is 0 Å². The summed E-state index contributed by atoms with van der Waals surface area (Å²) in [7, 11) is 2.93. The van der Waals surface area contributed by atoms with Gasteiger partial charge in [-0.05, 0) is 13.3 Å². The molecule has 0 aliphatic carbocycles. The lowest BCUT2D eigenvalue weighted by atomic mass is 10.1. The van der Waals surface area contributed by atoms with E-state index in [0.29, 0.717) is 5.76 Å². The topological polar surface area (TPSA) is 146 Å². The zero-order chi connectivity index (χ0) is 24.1. The van der Waals surface area contributed by atoms with Crippen LogP contribution in [0.1, 0.15) is 42.4 Å². The second-order valence-electron chi connectivity index (χ2n) is 8.05. The number of rotatable bonds is 11. The highest BCUT2D eigenvalue weighted by atomic mass is 16.5. The maximum atomic E-state index is 12.8. The van der Waals surface area contributed by atoms with Crippen molar-refractivity contribution >= 4 is 17.1 Å². The molecule has 0 fully saturated rings. The van der Waals surface area contributed by atoms with E-state index in [-0.39, 0.29) is 42.6 Å². The number of nitrogens with zero attached hydrogens (tertiary/aromatic N) is 5. The quantitative estimate of drug-likeness (QED) is 0.379. The minimum Gasteiger partial charge on any atom is -0.454 e. The first kappa shape index (κ1) is 24.4. The van der Waals surface area contributed by atoms with E-state index in [1.54, 1.807) is 11.5 Å². The number of aryl methyl sites for hydroxylation is 2. The molecule has 180 valence electrons. The SMILES string of the molecule is CCCCC(CO)NCC(Cn1cnc2c1c(=O)n(C)c(=O)n2C)OC(=O)c1cc(C)on1. The molecule has 12 nitrogen and oxygen atoms in total. The van der Waals surface area contributed by atoms with Crippen LogP contribution in [0.4, 0.5) is 0 Å². The number of esters is 1. The first-order chi connectivity index (χ1) is 15.8. The van der Waals surface area contributed by atoms with Gasteiger partial charge in [0.2, 0.25) is 0 Å². The Labute approximate surface area is 189 Å². The van der Waals surface area contributed by atoms with Gasteiger partial charge >= 0.3 is 11.7 Å². The molecule has 3 rings (SSSR count). The van der Waals surface area contributed by atoms with Crippen LogP contribution in [0.5, 0.6) is 0 Å². The summed E-state index contributed by atoms with van der Waals surface area (Å²) >= 11 is 0. The van der Waals surface area contributed by atoms with E-state index in [2.05, 4.69) is 22.4 Å². The highest BCUT2D eigenvalue weighted by Crippen LogP contribution is 2.11. The second kappa shape index (κ2) is 10.6. The predicted octanol–water partition coefficient (Wildman–Crippen LogP) is 0.0964. The summed E-state index contributed by atoms with van der Waals surface area (Å²) in [6.45, 7) is 4.01. The maximum Gasteiger partial charge on any atom is 0.360 e. The van der Waals surface area contributed by atoms with Crippen LogP contribution in [0.15, 0.2) is 26.5 Å². The van der Waals surface area contributed by atoms with E-state index in [1.807, 2.05) is 0 Å². The third-order valence-electron chi connectivity index (χ3n) is 5.49. The Hall–Kier alpha value is -3.25. The van der Waals surface area contributed by atoms with Gasteiger partial charge in [0, 0.05) is 32.7 Å². The van der Waals surface area contributed by atoms with Crippen LogP contribution in [0.2, 0.25) is 0 Å². The number of unbranched alkanes of at least 4 members (excludes halogenated alkanes) is 1. The highest BCUT2D eigenvalue weighted by Gasteiger charge is 2.23. The van der Waals surface area contributed by atoms with Crippen molar-refractivity contribution in [2.24, 2.45) is 14.1 Å². The normalized spacial score (nSPS) is 13.4. The average Bonchev–Trinajstić information content (AvgIpc) is 3.42. The molecular weight excluding hydrogens is 432 g/mol. The minimum atomic E-state index is -0.718. The molecule has 2 N–H and O–H groups in total. The Morgan fingerprint density at radius 1 is 1.30 bits per heavy atom. The molecule has 0 saturated carbocycles. The zero-order valence-electron chi connectivity index (χ0n) is 19.3. The fourth-order valence-electron chi connectivity index (χ4n) is 3.58. The fourth-order valence-corrected chi connectivity index (χ4v) is 3.58. The van der Waals surface area contributed by atoms with Gasteiger partial charge < -0.3 is 24.3 Å². The van der Waals surface area contributed by atoms with E-state index in [1.165, 1.54) is 31.1 Å². The largest absolute Gasteiger partial charge is 0.454 e. The molecule has 0 aromatic carbocycles. The molecule has 0 saturated heterocycles. The first-order valence-corrected chi connectivity index (χ1v) is 10.9. The number of imidazole rings is 1. The number of nitrogens with one attached hydrogen (secondary N) is 1. The van der Waals surface area contributed by atoms with Gasteiger partial charge in [-0.25, -0.2) is 14.6 Å². The summed E-state index contributed by atoms with van der Waals surface area (Å²) in [5.41, 5.74) is -0.472. The molecule has 0 radical (unpaired) electrons. The fraction of sp³-hybridized carbons (Fsp3) is 0.571. The molecule has 3 aromatic rings. The van der Waals surface area contributed by atoms with Gasteiger partial charge in [0.15, 0.2) is 16.9 Å². The van der Waals surface area contributed by atoms with Gasteiger partial charge in [0.1, 0.15) is 11.9 Å². The number of fused-ring (bicyclic) bond motifs is 1. The lowest BCUT2D eigenvalue weighted by Gasteiger charge is -2.22. The predicted molar refractivity (Wildman–Crippen MR) is 119 cm³/mol. The summed E-state index contributed by atoms with van der Waals surface area (Å²) < 4.78 is 14.5. The number of carbonyl (C=O) groups excluding carboxylic acids is 1. The second-order valence-corrected chi connectivity index (χ2v) is 8.05. The Balaban J connectivity index is 1.88. The van der Waals surface area contributed by atoms with E-state index >= 15 is 0 Å². The first-order valence-electron chi connectivity index (χ1n) is 10.9. The number of ether oxygens (including phenoxy) is 1. The Morgan fingerprint density at radius 3 is 2.70 bits per heavy atom. The van der Waals surface area contributed by atoms with Crippen LogP contribution in [0.25, 0.3) is 11.2 Å². The van der Waals surface area contributed by atoms with Crippen molar-refractivity contribution in [3.05, 3.63) is 44.7 Å². The lowest BCUT2D eigenvalue weighted by Crippen LogP contribution is -2.42. The van der Waals surface area contributed by atoms with E-state index in [4.69, 9.17) is 9.26 Å². The van der Waals surface area contributed by atoms with Crippen LogP contribution in [0, 0.1) is 6.92 Å². The van der Waals surface area contributed by atoms with E-state index in [0.717, 1.165) is 23.8 Å². The number of carbonyl (C=O) groups is 1. The number of aliphatic hydroxyl groups is 1. The van der Waals surface area contributed by atoms with Gasteiger partial charge in [-0.1, -0.05) is 24.9 Å². The van der Waals surface area contributed by atoms with Crippen molar-refractivity contribution in [2.75, 3.05) is 13.2 Å². The van der Waals surface area contributed by atoms with Crippen molar-refractivity contribution in [3.63, 3.8) is 0 Å². The van der Waals surface area contributed by atoms with Crippen molar-refractivity contribution in [3.8, 4) is 0 Å². The molecule has 0 aliphatic heterocycles. The molecule has 0 aliphatic rings. The Bertz CT molecular complexity index is 1220. The molecule has 3 heterocycles. The molecule has 0 amide bonds. The summed E-state index contributed by atoms with van der Waals surface area (Å²) in [6, 6.07) is 1.32. The van der Waals surface area contributed by atoms with Gasteiger partial charge in [-0.2, -0.15) is 0 Å². The van der Waals surface area contributed by atoms with Crippen LogP contribution in [-0.4, -0.2) is 60.2 Å². The summed E-state index contributed by atoms with van der Waals surface area (Å²) in [6.07, 6.45) is 3.42. The minimum absolute atomic E-state index is 0.0380. The summed E-state index contributed by atoms with van der Waals surface area (Å²) in [5.74, 6) is -0.195. The molecule has 0 spiro atoms. The Morgan fingerprint density at radius 2 is 2.06 bits per heavy atom. The molecule has 2 unspecified atom stereocenters. The third kappa shape index (κ3) is 5.40. The van der Waals surface area contributed by atoms with E-state index in [9.17, 15) is 19.5 Å². The van der Waals surface area contributed by atoms with Crippen LogP contribution >= 0.6 is 0 Å². The number of aliphatic hydroxyl groups excluding tert-OH is 1. The smallest absolute Gasteiger partial charge is 0.360 e. The van der Waals surface area contributed by atoms with Crippen molar-refractivity contribution in [1.29, 1.82) is 0 Å². The average molecular weight is 463 g/mol. The molecule has 33 heavy (non-hydrogen) atoms. The van der Waals surface area contributed by atoms with Gasteiger partial charge in [0.25, 0.3) is 5.56 Å². The Kier molecular flexibility index (Phi) is 7.82. The molecule has 12 heteroatoms. The van der Waals surface area contributed by atoms with E-state index < -0.39 is 23.3 Å². The van der Waals surface area contributed by atoms with Crippen LogP contribution in [-0.2, 0) is 25.4 Å². The van der Waals surface area contributed by atoms with Crippen LogP contribution in [0.3, 0.4) is 0 Å². The van der Waals surface area contributed by atoms with Crippen LogP contribution < -0.4 is 16.6 Å². The number of hydrogen-bond donors (Lipinski definition) is 2. The summed E-state index contributed by atoms with van der Waals surface area (Å²) in [4.78, 5) is 41.8. The van der Waals surface area contributed by atoms with Crippen molar-refractivity contribution < 1.29 is 19.2 Å². The van der Waals surface area contributed by atoms with Crippen molar-refractivity contribution in [2.45, 2.75) is 51.8 Å². The number of hydrogen-bond acceptors (Lipinski definition) is 9. The van der Waals surface area contributed by atoms with Crippen molar-refractivity contribution in [1.82, 2.24) is 29.2 Å². The number of aromatic nitrogens is 5.